The van der Waals surface area contributed by atoms with Crippen LogP contribution in [0.15, 0.2) is 0 Å². The van der Waals surface area contributed by atoms with Crippen LogP contribution in [0.5, 0.6) is 0 Å². The standard InChI is InChI=1S/C6H14O3S.2Na.H2O.2H/c1-2-3-4-5-6-10(7,8)9;;;;;/h2-6H2,1H3,(H,7,8,9);;;1H2;;. The van der Waals surface area contributed by atoms with Crippen molar-refractivity contribution in [1.29, 1.82) is 0 Å². The minimum atomic E-state index is -3.70. The van der Waals surface area contributed by atoms with Crippen LogP contribution in [-0.4, -0.2) is 83.3 Å². The van der Waals surface area contributed by atoms with E-state index in [0.29, 0.717) is 6.42 Å². The van der Waals surface area contributed by atoms with Crippen molar-refractivity contribution in [1.82, 2.24) is 0 Å². The molecule has 0 rings (SSSR count). The molecule has 7 heteroatoms. The molecular formula is C6H18Na2O4S. The van der Waals surface area contributed by atoms with Crippen molar-refractivity contribution in [2.75, 3.05) is 5.75 Å². The number of rotatable bonds is 5. The van der Waals surface area contributed by atoms with Gasteiger partial charge < -0.3 is 5.48 Å². The van der Waals surface area contributed by atoms with Crippen LogP contribution < -0.4 is 0 Å². The average Bonchev–Trinajstić information content (AvgIpc) is 1.78. The zero-order valence-corrected chi connectivity index (χ0v) is 7.52. The molecule has 0 bridgehead atoms. The molecule has 0 aliphatic carbocycles. The monoisotopic (exact) mass is 232 g/mol. The SMILES string of the molecule is CCCCCCS(=O)(=O)O.O.[NaH].[NaH]. The van der Waals surface area contributed by atoms with Gasteiger partial charge in [0.25, 0.3) is 10.1 Å². The molecule has 0 atom stereocenters. The van der Waals surface area contributed by atoms with Crippen LogP contribution in [0.2, 0.25) is 0 Å². The van der Waals surface area contributed by atoms with Crippen LogP contribution in [0.4, 0.5) is 0 Å². The predicted octanol–water partition coefficient (Wildman–Crippen LogP) is -0.667. The first-order valence-electron chi connectivity index (χ1n) is 3.51. The number of hydrogen-bond acceptors (Lipinski definition) is 2. The van der Waals surface area contributed by atoms with Gasteiger partial charge in [-0.15, -0.1) is 0 Å². The van der Waals surface area contributed by atoms with Crippen LogP contribution in [0.25, 0.3) is 0 Å². The van der Waals surface area contributed by atoms with Gasteiger partial charge in [-0.3, -0.25) is 4.55 Å². The summed E-state index contributed by atoms with van der Waals surface area (Å²) in [5, 5.41) is 0. The molecule has 0 spiro atoms. The van der Waals surface area contributed by atoms with Crippen molar-refractivity contribution in [3.63, 3.8) is 0 Å². The van der Waals surface area contributed by atoms with Gasteiger partial charge >= 0.3 is 59.1 Å². The Morgan fingerprint density at radius 1 is 1.08 bits per heavy atom. The van der Waals surface area contributed by atoms with Gasteiger partial charge in [-0.2, -0.15) is 8.42 Å². The molecule has 0 amide bonds. The van der Waals surface area contributed by atoms with Gasteiger partial charge in [0.15, 0.2) is 0 Å². The number of unbranched alkanes of at least 4 members (excludes halogenated alkanes) is 3. The fourth-order valence-electron chi connectivity index (χ4n) is 0.711. The molecule has 0 fully saturated rings. The summed E-state index contributed by atoms with van der Waals surface area (Å²) in [6.45, 7) is 2.05. The van der Waals surface area contributed by atoms with Crippen molar-refractivity contribution in [2.45, 2.75) is 32.6 Å². The average molecular weight is 232 g/mol. The Bertz CT molecular complexity index is 169. The zero-order chi connectivity index (χ0) is 8.04. The van der Waals surface area contributed by atoms with E-state index in [1.54, 1.807) is 0 Å². The molecule has 0 saturated heterocycles. The Labute approximate surface area is 125 Å². The third-order valence-electron chi connectivity index (χ3n) is 1.26. The van der Waals surface area contributed by atoms with E-state index in [1.807, 2.05) is 6.92 Å². The van der Waals surface area contributed by atoms with Gasteiger partial charge in [0.2, 0.25) is 0 Å². The molecule has 0 radical (unpaired) electrons. The molecule has 3 N–H and O–H groups in total. The molecule has 0 aromatic heterocycles. The predicted molar refractivity (Wildman–Crippen MR) is 58.5 cm³/mol. The van der Waals surface area contributed by atoms with Gasteiger partial charge in [-0.1, -0.05) is 26.2 Å². The summed E-state index contributed by atoms with van der Waals surface area (Å²) < 4.78 is 28.6. The van der Waals surface area contributed by atoms with E-state index in [-0.39, 0.29) is 70.3 Å². The van der Waals surface area contributed by atoms with Crippen LogP contribution >= 0.6 is 0 Å². The Kier molecular flexibility index (Phi) is 25.8. The van der Waals surface area contributed by atoms with Gasteiger partial charge in [-0.25, -0.2) is 0 Å². The van der Waals surface area contributed by atoms with Crippen LogP contribution in [0.3, 0.4) is 0 Å². The summed E-state index contributed by atoms with van der Waals surface area (Å²) in [5.41, 5.74) is 0. The van der Waals surface area contributed by atoms with E-state index in [9.17, 15) is 8.42 Å². The summed E-state index contributed by atoms with van der Waals surface area (Å²) in [4.78, 5) is 0. The molecule has 0 aromatic rings. The quantitative estimate of drug-likeness (QED) is 0.387. The Balaban J connectivity index is -0.000000135. The first-order chi connectivity index (χ1) is 4.56. The minimum absolute atomic E-state index is 0. The summed E-state index contributed by atoms with van der Waals surface area (Å²) >= 11 is 0. The molecule has 0 heterocycles. The molecule has 0 aliphatic heterocycles. The summed E-state index contributed by atoms with van der Waals surface area (Å²) in [5.74, 6) is -0.0903. The fourth-order valence-corrected chi connectivity index (χ4v) is 1.28. The summed E-state index contributed by atoms with van der Waals surface area (Å²) in [6.07, 6.45) is 3.57. The van der Waals surface area contributed by atoms with E-state index < -0.39 is 10.1 Å². The normalized spacial score (nSPS) is 9.08. The Hall–Kier alpha value is 1.87. The van der Waals surface area contributed by atoms with Crippen LogP contribution in [-0.2, 0) is 10.1 Å². The molecule has 13 heavy (non-hydrogen) atoms. The molecule has 74 valence electrons. The molecule has 0 aromatic carbocycles. The third kappa shape index (κ3) is 24.8. The van der Waals surface area contributed by atoms with E-state index in [0.717, 1.165) is 19.3 Å². The van der Waals surface area contributed by atoms with Gasteiger partial charge in [0, 0.05) is 0 Å². The molecule has 0 unspecified atom stereocenters. The van der Waals surface area contributed by atoms with Crippen molar-refractivity contribution >= 4 is 69.2 Å². The number of hydrogen-bond donors (Lipinski definition) is 1. The molecular weight excluding hydrogens is 214 g/mol. The van der Waals surface area contributed by atoms with Crippen molar-refractivity contribution in [2.24, 2.45) is 0 Å². The maximum absolute atomic E-state index is 10.1. The fraction of sp³-hybridized carbons (Fsp3) is 1.00. The first kappa shape index (κ1) is 24.2. The Morgan fingerprint density at radius 3 is 1.85 bits per heavy atom. The molecule has 0 aliphatic rings. The van der Waals surface area contributed by atoms with Crippen molar-refractivity contribution in [3.05, 3.63) is 0 Å². The van der Waals surface area contributed by atoms with Crippen LogP contribution in [0.1, 0.15) is 32.6 Å². The first-order valence-corrected chi connectivity index (χ1v) is 5.12. The zero-order valence-electron chi connectivity index (χ0n) is 6.71. The molecule has 4 nitrogen and oxygen atoms in total. The van der Waals surface area contributed by atoms with E-state index in [4.69, 9.17) is 4.55 Å². The molecule has 0 saturated carbocycles. The van der Waals surface area contributed by atoms with Crippen LogP contribution in [0, 0.1) is 0 Å². The summed E-state index contributed by atoms with van der Waals surface area (Å²) in [6, 6.07) is 0. The van der Waals surface area contributed by atoms with E-state index in [2.05, 4.69) is 0 Å². The van der Waals surface area contributed by atoms with Gasteiger partial charge in [0.1, 0.15) is 0 Å². The topological polar surface area (TPSA) is 85.9 Å². The maximum atomic E-state index is 10.1. The second-order valence-corrected chi connectivity index (χ2v) is 3.92. The Morgan fingerprint density at radius 2 is 1.54 bits per heavy atom. The van der Waals surface area contributed by atoms with Gasteiger partial charge in [-0.05, 0) is 6.42 Å². The third-order valence-corrected chi connectivity index (χ3v) is 2.06. The second kappa shape index (κ2) is 13.9. The van der Waals surface area contributed by atoms with E-state index >= 15 is 0 Å². The van der Waals surface area contributed by atoms with Crippen molar-refractivity contribution in [3.8, 4) is 0 Å². The van der Waals surface area contributed by atoms with Crippen molar-refractivity contribution < 1.29 is 18.4 Å². The summed E-state index contributed by atoms with van der Waals surface area (Å²) in [7, 11) is -3.70. The van der Waals surface area contributed by atoms with Gasteiger partial charge in [0.05, 0.1) is 5.75 Å². The van der Waals surface area contributed by atoms with E-state index in [1.165, 1.54) is 0 Å². The second-order valence-electron chi connectivity index (χ2n) is 2.35.